The van der Waals surface area contributed by atoms with Crippen LogP contribution in [0.1, 0.15) is 6.92 Å². The largest absolute Gasteiger partial charge is 0.507 e. The lowest BCUT2D eigenvalue weighted by Gasteiger charge is -2.12. The zero-order valence-corrected chi connectivity index (χ0v) is 9.84. The Morgan fingerprint density at radius 1 is 1.00 bits per heavy atom. The predicted octanol–water partition coefficient (Wildman–Crippen LogP) is 2.72. The van der Waals surface area contributed by atoms with Crippen molar-refractivity contribution in [2.45, 2.75) is 6.92 Å². The number of hydrogen-bond donors (Lipinski definition) is 3. The summed E-state index contributed by atoms with van der Waals surface area (Å²) < 4.78 is 0. The maximum Gasteiger partial charge on any atom is 0.221 e. The van der Waals surface area contributed by atoms with E-state index in [0.717, 1.165) is 0 Å². The molecule has 92 valence electrons. The molecule has 0 unspecified atom stereocenters. The van der Waals surface area contributed by atoms with Gasteiger partial charge in [0.15, 0.2) is 0 Å². The summed E-state index contributed by atoms with van der Waals surface area (Å²) in [5.41, 5.74) is 1.42. The van der Waals surface area contributed by atoms with E-state index < -0.39 is 0 Å². The van der Waals surface area contributed by atoms with Crippen molar-refractivity contribution in [1.82, 2.24) is 0 Å². The molecule has 1 amide bonds. The number of benzene rings is 2. The van der Waals surface area contributed by atoms with Gasteiger partial charge >= 0.3 is 0 Å². The maximum absolute atomic E-state index is 11.1. The molecule has 0 atom stereocenters. The number of nitrogens with one attached hydrogen (secondary N) is 1. The average molecular weight is 243 g/mol. The van der Waals surface area contributed by atoms with Gasteiger partial charge in [-0.05, 0) is 18.2 Å². The van der Waals surface area contributed by atoms with Gasteiger partial charge < -0.3 is 15.5 Å². The minimum Gasteiger partial charge on any atom is -0.507 e. The smallest absolute Gasteiger partial charge is 0.221 e. The molecule has 2 rings (SSSR count). The number of carbonyl (C=O) groups is 1. The van der Waals surface area contributed by atoms with Crippen LogP contribution in [0.3, 0.4) is 0 Å². The molecule has 18 heavy (non-hydrogen) atoms. The van der Waals surface area contributed by atoms with Crippen molar-refractivity contribution in [3.63, 3.8) is 0 Å². The Bertz CT molecular complexity index is 573. The van der Waals surface area contributed by atoms with E-state index in [4.69, 9.17) is 0 Å². The fraction of sp³-hybridized carbons (Fsp3) is 0.0714. The van der Waals surface area contributed by atoms with Crippen LogP contribution in [-0.4, -0.2) is 16.1 Å². The van der Waals surface area contributed by atoms with Crippen LogP contribution in [-0.2, 0) is 4.79 Å². The van der Waals surface area contributed by atoms with Crippen molar-refractivity contribution in [1.29, 1.82) is 0 Å². The molecule has 2 aromatic rings. The number of hydrogen-bond acceptors (Lipinski definition) is 3. The van der Waals surface area contributed by atoms with E-state index in [0.29, 0.717) is 16.8 Å². The Balaban J connectivity index is 2.60. The Labute approximate surface area is 105 Å². The van der Waals surface area contributed by atoms with E-state index in [1.54, 1.807) is 30.3 Å². The summed E-state index contributed by atoms with van der Waals surface area (Å²) in [6, 6.07) is 11.5. The molecule has 0 aliphatic heterocycles. The molecule has 0 heterocycles. The maximum atomic E-state index is 11.1. The third-order valence-corrected chi connectivity index (χ3v) is 2.53. The zero-order chi connectivity index (χ0) is 13.1. The highest BCUT2D eigenvalue weighted by molar-refractivity contribution is 5.95. The summed E-state index contributed by atoms with van der Waals surface area (Å²) in [5.74, 6) is -0.280. The van der Waals surface area contributed by atoms with Crippen LogP contribution in [0.15, 0.2) is 42.5 Å². The second-order valence-corrected chi connectivity index (χ2v) is 3.90. The highest BCUT2D eigenvalue weighted by Gasteiger charge is 2.13. The van der Waals surface area contributed by atoms with Crippen LogP contribution in [0, 0.1) is 0 Å². The van der Waals surface area contributed by atoms with Crippen molar-refractivity contribution < 1.29 is 15.0 Å². The fourth-order valence-electron chi connectivity index (χ4n) is 1.80. The molecule has 4 heteroatoms. The first kappa shape index (κ1) is 12.0. The molecule has 0 aliphatic rings. The lowest BCUT2D eigenvalue weighted by Crippen LogP contribution is -2.06. The molecule has 0 saturated carbocycles. The number of phenolic OH excluding ortho intramolecular Hbond substituents is 2. The zero-order valence-electron chi connectivity index (χ0n) is 9.84. The van der Waals surface area contributed by atoms with Crippen molar-refractivity contribution in [2.75, 3.05) is 5.32 Å². The monoisotopic (exact) mass is 243 g/mol. The third kappa shape index (κ3) is 2.27. The first-order valence-corrected chi connectivity index (χ1v) is 5.47. The minimum atomic E-state index is -0.211. The normalized spacial score (nSPS) is 10.1. The van der Waals surface area contributed by atoms with Gasteiger partial charge in [0.05, 0.1) is 5.56 Å². The van der Waals surface area contributed by atoms with Gasteiger partial charge in [-0.25, -0.2) is 0 Å². The molecule has 0 bridgehead atoms. The highest BCUT2D eigenvalue weighted by atomic mass is 16.3. The first-order chi connectivity index (χ1) is 8.59. The van der Waals surface area contributed by atoms with Gasteiger partial charge in [0.25, 0.3) is 0 Å². The topological polar surface area (TPSA) is 69.6 Å². The van der Waals surface area contributed by atoms with E-state index in [1.807, 2.05) is 0 Å². The highest BCUT2D eigenvalue weighted by Crippen LogP contribution is 2.40. The standard InChI is InChI=1S/C14H13NO3/c1-9(16)15-11-6-3-2-5-10(11)14-12(17)7-4-8-13(14)18/h2-8,17-18H,1H3,(H,15,16). The Morgan fingerprint density at radius 3 is 2.22 bits per heavy atom. The summed E-state index contributed by atoms with van der Waals surface area (Å²) in [4.78, 5) is 11.1. The van der Waals surface area contributed by atoms with Gasteiger partial charge in [0, 0.05) is 18.2 Å². The van der Waals surface area contributed by atoms with Crippen molar-refractivity contribution in [3.05, 3.63) is 42.5 Å². The van der Waals surface area contributed by atoms with Gasteiger partial charge in [0.2, 0.25) is 5.91 Å². The summed E-state index contributed by atoms with van der Waals surface area (Å²) >= 11 is 0. The molecule has 0 aliphatic carbocycles. The number of anilines is 1. The molecule has 4 nitrogen and oxygen atoms in total. The molecule has 0 fully saturated rings. The first-order valence-electron chi connectivity index (χ1n) is 5.47. The lowest BCUT2D eigenvalue weighted by molar-refractivity contribution is -0.114. The van der Waals surface area contributed by atoms with Crippen LogP contribution in [0.2, 0.25) is 0 Å². The number of phenols is 2. The molecule has 0 aromatic heterocycles. The van der Waals surface area contributed by atoms with Crippen LogP contribution < -0.4 is 5.32 Å². The number of rotatable bonds is 2. The fourth-order valence-corrected chi connectivity index (χ4v) is 1.80. The molecule has 3 N–H and O–H groups in total. The Hall–Kier alpha value is -2.49. The van der Waals surface area contributed by atoms with Gasteiger partial charge in [-0.15, -0.1) is 0 Å². The number of carbonyl (C=O) groups excluding carboxylic acids is 1. The van der Waals surface area contributed by atoms with Crippen molar-refractivity contribution >= 4 is 11.6 Å². The SMILES string of the molecule is CC(=O)Nc1ccccc1-c1c(O)cccc1O. The van der Waals surface area contributed by atoms with Crippen LogP contribution in [0.25, 0.3) is 11.1 Å². The summed E-state index contributed by atoms with van der Waals surface area (Å²) in [6.07, 6.45) is 0. The van der Waals surface area contributed by atoms with Crippen molar-refractivity contribution in [2.24, 2.45) is 0 Å². The quantitative estimate of drug-likeness (QED) is 0.759. The average Bonchev–Trinajstić information content (AvgIpc) is 2.30. The number of aromatic hydroxyl groups is 2. The molecule has 0 spiro atoms. The van der Waals surface area contributed by atoms with Crippen LogP contribution in [0.5, 0.6) is 11.5 Å². The van der Waals surface area contributed by atoms with Gasteiger partial charge in [-0.3, -0.25) is 4.79 Å². The predicted molar refractivity (Wildman–Crippen MR) is 69.5 cm³/mol. The van der Waals surface area contributed by atoms with Gasteiger partial charge in [0.1, 0.15) is 11.5 Å². The van der Waals surface area contributed by atoms with E-state index in [1.165, 1.54) is 19.1 Å². The Kier molecular flexibility index (Phi) is 3.19. The van der Waals surface area contributed by atoms with E-state index >= 15 is 0 Å². The second kappa shape index (κ2) is 4.79. The molecule has 0 saturated heterocycles. The molecule has 2 aromatic carbocycles. The number of amides is 1. The lowest BCUT2D eigenvalue weighted by atomic mass is 10.0. The van der Waals surface area contributed by atoms with E-state index in [-0.39, 0.29) is 17.4 Å². The second-order valence-electron chi connectivity index (χ2n) is 3.90. The van der Waals surface area contributed by atoms with Crippen LogP contribution >= 0.6 is 0 Å². The van der Waals surface area contributed by atoms with Crippen molar-refractivity contribution in [3.8, 4) is 22.6 Å². The minimum absolute atomic E-state index is 0.0344. The summed E-state index contributed by atoms with van der Waals surface area (Å²) in [6.45, 7) is 1.40. The number of para-hydroxylation sites is 1. The van der Waals surface area contributed by atoms with Crippen LogP contribution in [0.4, 0.5) is 5.69 Å². The molecular weight excluding hydrogens is 230 g/mol. The van der Waals surface area contributed by atoms with E-state index in [2.05, 4.69) is 5.32 Å². The van der Waals surface area contributed by atoms with Gasteiger partial charge in [-0.1, -0.05) is 24.3 Å². The third-order valence-electron chi connectivity index (χ3n) is 2.53. The summed E-state index contributed by atoms with van der Waals surface area (Å²) in [7, 11) is 0. The molecule has 0 radical (unpaired) electrons. The van der Waals surface area contributed by atoms with Gasteiger partial charge in [-0.2, -0.15) is 0 Å². The Morgan fingerprint density at radius 2 is 1.61 bits per heavy atom. The molecular formula is C14H13NO3. The van der Waals surface area contributed by atoms with E-state index in [9.17, 15) is 15.0 Å². The summed E-state index contributed by atoms with van der Waals surface area (Å²) in [5, 5.41) is 22.3.